The standard InChI is InChI=1S/C42H52N14O6/c1-5-28-23-32(55(7-3)50-28)39(59)48-41-46-30-20-26(36(43)57)22-34(62-17-11-12-52-15-18-61-19-16-52)35(30)53(41)13-9-10-14-54-38-31(21-27(25-45-38)37(44)58)47-42(54)49-40(60)33-24-29(6-2)51-56(33)8-4/h9-10,20-25H,5-8,11-19H2,1-4H3,(H2,43,57)(H2,44,58)(H,46,48,59)(H,47,49,60). The number of nitrogens with zero attached hydrogens (tertiary/aromatic N) is 10. The number of hydrogen-bond acceptors (Lipinski definition) is 12. The van der Waals surface area contributed by atoms with E-state index in [1.807, 2.05) is 39.8 Å². The summed E-state index contributed by atoms with van der Waals surface area (Å²) in [7, 11) is 0. The van der Waals surface area contributed by atoms with E-state index < -0.39 is 23.6 Å². The van der Waals surface area contributed by atoms with Crippen LogP contribution < -0.4 is 26.8 Å². The van der Waals surface area contributed by atoms with Crippen molar-refractivity contribution in [3.63, 3.8) is 0 Å². The molecular weight excluding hydrogens is 797 g/mol. The number of rotatable bonds is 19. The second-order valence-electron chi connectivity index (χ2n) is 14.6. The van der Waals surface area contributed by atoms with E-state index in [1.165, 1.54) is 12.3 Å². The Morgan fingerprint density at radius 3 is 1.90 bits per heavy atom. The number of hydrogen-bond donors (Lipinski definition) is 4. The van der Waals surface area contributed by atoms with Gasteiger partial charge in [-0.15, -0.1) is 0 Å². The lowest BCUT2D eigenvalue weighted by atomic mass is 10.1. The number of pyridine rings is 1. The molecule has 6 aromatic rings. The zero-order chi connectivity index (χ0) is 43.9. The lowest BCUT2D eigenvalue weighted by Crippen LogP contribution is -2.37. The Labute approximate surface area is 357 Å². The Bertz CT molecular complexity index is 2650. The highest BCUT2D eigenvalue weighted by molar-refractivity contribution is 6.05. The van der Waals surface area contributed by atoms with Crippen LogP contribution in [0.4, 0.5) is 11.9 Å². The average Bonchev–Trinajstić information content (AvgIpc) is 4.06. The summed E-state index contributed by atoms with van der Waals surface area (Å²) >= 11 is 0. The fourth-order valence-electron chi connectivity index (χ4n) is 7.29. The van der Waals surface area contributed by atoms with Gasteiger partial charge in [0, 0.05) is 57.6 Å². The lowest BCUT2D eigenvalue weighted by molar-refractivity contribution is 0.0358. The SMILES string of the molecule is CCc1cc(C(=O)Nc2nc3cc(C(N)=O)cnc3n2CC=CCn2c(NC(=O)c3cc(CC)nn3CC)nc3cc(C(N)=O)cc(OCCCN4CCOCC4)c32)n(CC)n1. The van der Waals surface area contributed by atoms with Crippen molar-refractivity contribution in [2.45, 2.75) is 73.1 Å². The first-order valence-electron chi connectivity index (χ1n) is 20.9. The molecule has 62 heavy (non-hydrogen) atoms. The number of fused-ring (bicyclic) bond motifs is 2. The van der Waals surface area contributed by atoms with Gasteiger partial charge in [-0.1, -0.05) is 26.0 Å². The molecule has 1 saturated heterocycles. The summed E-state index contributed by atoms with van der Waals surface area (Å²) in [4.78, 5) is 68.3. The van der Waals surface area contributed by atoms with Crippen molar-refractivity contribution in [2.75, 3.05) is 50.1 Å². The summed E-state index contributed by atoms with van der Waals surface area (Å²) in [6.45, 7) is 13.3. The molecule has 1 aromatic carbocycles. The minimum atomic E-state index is -0.665. The van der Waals surface area contributed by atoms with Gasteiger partial charge < -0.3 is 25.5 Å². The van der Waals surface area contributed by atoms with Crippen molar-refractivity contribution in [3.8, 4) is 5.75 Å². The number of aryl methyl sites for hydroxylation is 4. The van der Waals surface area contributed by atoms with Gasteiger partial charge in [0.15, 0.2) is 5.65 Å². The normalized spacial score (nSPS) is 13.4. The maximum Gasteiger partial charge on any atom is 0.276 e. The largest absolute Gasteiger partial charge is 0.491 e. The average molecular weight is 849 g/mol. The fourth-order valence-corrected chi connectivity index (χ4v) is 7.29. The number of primary amides is 2. The summed E-state index contributed by atoms with van der Waals surface area (Å²) in [5, 5.41) is 14.9. The number of carbonyl (C=O) groups is 4. The van der Waals surface area contributed by atoms with Crippen molar-refractivity contribution < 1.29 is 28.7 Å². The second kappa shape index (κ2) is 19.2. The number of anilines is 2. The van der Waals surface area contributed by atoms with Crippen LogP contribution >= 0.6 is 0 Å². The third-order valence-corrected chi connectivity index (χ3v) is 10.6. The van der Waals surface area contributed by atoms with Crippen molar-refractivity contribution in [2.24, 2.45) is 11.5 Å². The third-order valence-electron chi connectivity index (χ3n) is 10.6. The van der Waals surface area contributed by atoms with E-state index in [2.05, 4.69) is 35.7 Å². The summed E-state index contributed by atoms with van der Waals surface area (Å²) in [6, 6.07) is 8.19. The molecule has 0 saturated carbocycles. The molecule has 0 unspecified atom stereocenters. The molecule has 0 radical (unpaired) electrons. The van der Waals surface area contributed by atoms with Crippen molar-refractivity contribution in [3.05, 3.63) is 82.6 Å². The molecule has 6 N–H and O–H groups in total. The lowest BCUT2D eigenvalue weighted by Gasteiger charge is -2.26. The van der Waals surface area contributed by atoms with Crippen molar-refractivity contribution >= 4 is 57.7 Å². The van der Waals surface area contributed by atoms with Gasteiger partial charge >= 0.3 is 0 Å². The van der Waals surface area contributed by atoms with Crippen LogP contribution in [0.15, 0.2) is 48.7 Å². The van der Waals surface area contributed by atoms with Crippen LogP contribution in [-0.2, 0) is 43.8 Å². The van der Waals surface area contributed by atoms with E-state index in [1.54, 1.807) is 42.8 Å². The van der Waals surface area contributed by atoms with Crippen LogP contribution in [0, 0.1) is 0 Å². The van der Waals surface area contributed by atoms with Gasteiger partial charge in [-0.25, -0.2) is 15.0 Å². The van der Waals surface area contributed by atoms with Crippen molar-refractivity contribution in [1.29, 1.82) is 0 Å². The summed E-state index contributed by atoms with van der Waals surface area (Å²) in [6.07, 6.45) is 7.10. The van der Waals surface area contributed by atoms with E-state index in [4.69, 9.17) is 25.9 Å². The van der Waals surface area contributed by atoms with E-state index in [0.29, 0.717) is 91.5 Å². The number of nitrogens with one attached hydrogen (secondary N) is 2. The maximum absolute atomic E-state index is 13.9. The maximum atomic E-state index is 13.9. The topological polar surface area (TPSA) is 250 Å². The number of aromatic nitrogens is 9. The molecule has 1 aliphatic heterocycles. The number of ether oxygens (including phenoxy) is 2. The first kappa shape index (κ1) is 43.2. The van der Waals surface area contributed by atoms with Crippen LogP contribution in [0.3, 0.4) is 0 Å². The zero-order valence-corrected chi connectivity index (χ0v) is 35.4. The second-order valence-corrected chi connectivity index (χ2v) is 14.6. The van der Waals surface area contributed by atoms with E-state index in [-0.39, 0.29) is 36.1 Å². The van der Waals surface area contributed by atoms with Gasteiger partial charge in [-0.05, 0) is 63.4 Å². The molecule has 1 aliphatic rings. The van der Waals surface area contributed by atoms with E-state index in [0.717, 1.165) is 31.0 Å². The van der Waals surface area contributed by atoms with Crippen LogP contribution in [0.5, 0.6) is 5.75 Å². The van der Waals surface area contributed by atoms with Gasteiger partial charge in [0.2, 0.25) is 23.7 Å². The highest BCUT2D eigenvalue weighted by Gasteiger charge is 2.23. The van der Waals surface area contributed by atoms with Gasteiger partial charge in [0.1, 0.15) is 28.2 Å². The molecule has 7 rings (SSSR count). The van der Waals surface area contributed by atoms with Gasteiger partial charge in [0.05, 0.1) is 42.3 Å². The number of carbonyl (C=O) groups excluding carboxylic acids is 4. The van der Waals surface area contributed by atoms with Gasteiger partial charge in [0.25, 0.3) is 11.8 Å². The minimum Gasteiger partial charge on any atom is -0.491 e. The molecule has 1 fully saturated rings. The Morgan fingerprint density at radius 2 is 1.32 bits per heavy atom. The number of nitrogens with two attached hydrogens (primary N) is 2. The molecule has 5 aromatic heterocycles. The summed E-state index contributed by atoms with van der Waals surface area (Å²) in [5.41, 5.74) is 15.7. The molecule has 20 heteroatoms. The highest BCUT2D eigenvalue weighted by Crippen LogP contribution is 2.32. The molecule has 0 aliphatic carbocycles. The smallest absolute Gasteiger partial charge is 0.276 e. The Hall–Kier alpha value is -6.93. The Kier molecular flexibility index (Phi) is 13.4. The van der Waals surface area contributed by atoms with Gasteiger partial charge in [-0.3, -0.25) is 48.6 Å². The molecule has 0 atom stereocenters. The molecule has 0 spiro atoms. The number of morpholine rings is 1. The van der Waals surface area contributed by atoms with E-state index >= 15 is 0 Å². The zero-order valence-electron chi connectivity index (χ0n) is 35.4. The predicted molar refractivity (Wildman–Crippen MR) is 231 cm³/mol. The molecule has 20 nitrogen and oxygen atoms in total. The quantitative estimate of drug-likeness (QED) is 0.0677. The minimum absolute atomic E-state index is 0.167. The molecule has 6 heterocycles. The Morgan fingerprint density at radius 1 is 0.758 bits per heavy atom. The summed E-state index contributed by atoms with van der Waals surface area (Å²) < 4.78 is 18.6. The highest BCUT2D eigenvalue weighted by atomic mass is 16.5. The molecular formula is C42H52N14O6. The molecule has 4 amide bonds. The van der Waals surface area contributed by atoms with Crippen molar-refractivity contribution in [1.82, 2.24) is 48.5 Å². The number of allylic oxidation sites excluding steroid dienone is 2. The third kappa shape index (κ3) is 9.35. The first-order valence-corrected chi connectivity index (χ1v) is 20.9. The molecule has 326 valence electrons. The monoisotopic (exact) mass is 848 g/mol. The number of imidazole rings is 2. The van der Waals surface area contributed by atoms with Crippen LogP contribution in [0.25, 0.3) is 22.2 Å². The Balaban J connectivity index is 1.23. The molecule has 0 bridgehead atoms. The fraction of sp³-hybridized carbons (Fsp3) is 0.405. The van der Waals surface area contributed by atoms with Crippen LogP contribution in [0.1, 0.15) is 87.2 Å². The first-order chi connectivity index (χ1) is 30.0. The van der Waals surface area contributed by atoms with Crippen LogP contribution in [0.2, 0.25) is 0 Å². The van der Waals surface area contributed by atoms with E-state index in [9.17, 15) is 19.2 Å². The summed E-state index contributed by atoms with van der Waals surface area (Å²) in [5.74, 6) is -1.37. The number of benzene rings is 1. The predicted octanol–water partition coefficient (Wildman–Crippen LogP) is 3.40. The number of amides is 4. The van der Waals surface area contributed by atoms with Crippen LogP contribution in [-0.4, -0.2) is 112 Å². The van der Waals surface area contributed by atoms with Gasteiger partial charge in [-0.2, -0.15) is 10.2 Å².